The van der Waals surface area contributed by atoms with Crippen LogP contribution in [0.1, 0.15) is 5.56 Å². The number of nitrogens with zero attached hydrogens (tertiary/aromatic N) is 1. The molecule has 2 heteroatoms. The van der Waals surface area contributed by atoms with E-state index < -0.39 is 0 Å². The Labute approximate surface area is 68.6 Å². The number of hydrogen-bond acceptors (Lipinski definition) is 0. The van der Waals surface area contributed by atoms with Crippen molar-refractivity contribution in [3.8, 4) is 0 Å². The number of halogens is 1. The Kier molecular flexibility index (Phi) is 2.08. The average Bonchev–Trinajstić information content (AvgIpc) is 1.88. The summed E-state index contributed by atoms with van der Waals surface area (Å²) in [6.07, 6.45) is 0. The van der Waals surface area contributed by atoms with E-state index in [-0.39, 0.29) is 0 Å². The summed E-state index contributed by atoms with van der Waals surface area (Å²) in [6.45, 7) is 8.75. The van der Waals surface area contributed by atoms with Crippen LogP contribution in [0, 0.1) is 13.5 Å². The minimum absolute atomic E-state index is 0.672. The van der Waals surface area contributed by atoms with Crippen LogP contribution in [-0.4, -0.2) is 0 Å². The summed E-state index contributed by atoms with van der Waals surface area (Å²) in [5.41, 5.74) is 1.84. The average molecular weight is 196 g/mol. The third-order valence-electron chi connectivity index (χ3n) is 1.22. The highest BCUT2D eigenvalue weighted by atomic mass is 79.9. The maximum Gasteiger partial charge on any atom is 0.201 e. The zero-order chi connectivity index (χ0) is 7.56. The molecule has 0 aliphatic rings. The molecular formula is C8H6BrN. The van der Waals surface area contributed by atoms with Crippen molar-refractivity contribution in [3.63, 3.8) is 0 Å². The molecule has 10 heavy (non-hydrogen) atoms. The standard InChI is InChI=1S/C8H6BrN/c1-6-3-4-8(10-2)7(9)5-6/h3-5H,1H3. The number of benzene rings is 1. The van der Waals surface area contributed by atoms with E-state index in [2.05, 4.69) is 20.8 Å². The van der Waals surface area contributed by atoms with Gasteiger partial charge >= 0.3 is 0 Å². The van der Waals surface area contributed by atoms with Gasteiger partial charge in [0.15, 0.2) is 0 Å². The summed E-state index contributed by atoms with van der Waals surface area (Å²) in [5.74, 6) is 0. The molecule has 0 fully saturated rings. The Morgan fingerprint density at radius 3 is 2.70 bits per heavy atom. The molecule has 0 saturated heterocycles. The molecule has 0 aliphatic heterocycles. The van der Waals surface area contributed by atoms with Gasteiger partial charge in [-0.05, 0) is 6.92 Å². The largest absolute Gasteiger partial charge is 0.237 e. The monoisotopic (exact) mass is 195 g/mol. The van der Waals surface area contributed by atoms with Gasteiger partial charge in [-0.2, -0.15) is 0 Å². The number of aryl methyl sites for hydroxylation is 1. The van der Waals surface area contributed by atoms with Crippen molar-refractivity contribution < 1.29 is 0 Å². The number of hydrogen-bond donors (Lipinski definition) is 0. The summed E-state index contributed by atoms with van der Waals surface area (Å²) in [4.78, 5) is 3.31. The molecule has 1 aromatic carbocycles. The van der Waals surface area contributed by atoms with Crippen molar-refractivity contribution in [2.24, 2.45) is 0 Å². The van der Waals surface area contributed by atoms with Gasteiger partial charge in [0, 0.05) is 4.47 Å². The maximum absolute atomic E-state index is 6.75. The zero-order valence-corrected chi connectivity index (χ0v) is 7.14. The molecule has 0 amide bonds. The van der Waals surface area contributed by atoms with Gasteiger partial charge in [0.05, 0.1) is 6.57 Å². The third kappa shape index (κ3) is 1.37. The molecule has 0 radical (unpaired) electrons. The van der Waals surface area contributed by atoms with E-state index in [0.29, 0.717) is 5.69 Å². The fourth-order valence-corrected chi connectivity index (χ4v) is 1.28. The molecule has 50 valence electrons. The van der Waals surface area contributed by atoms with Gasteiger partial charge in [-0.3, -0.25) is 0 Å². The zero-order valence-electron chi connectivity index (χ0n) is 5.56. The van der Waals surface area contributed by atoms with Gasteiger partial charge in [-0.25, -0.2) is 4.85 Å². The molecule has 0 heterocycles. The fourth-order valence-electron chi connectivity index (χ4n) is 0.703. The summed E-state index contributed by atoms with van der Waals surface area (Å²) >= 11 is 3.29. The lowest BCUT2D eigenvalue weighted by Crippen LogP contribution is -1.70. The topological polar surface area (TPSA) is 4.36 Å². The third-order valence-corrected chi connectivity index (χ3v) is 1.86. The molecule has 0 atom stereocenters. The molecular weight excluding hydrogens is 190 g/mol. The van der Waals surface area contributed by atoms with Crippen molar-refractivity contribution in [2.75, 3.05) is 0 Å². The van der Waals surface area contributed by atoms with Gasteiger partial charge in [-0.15, -0.1) is 0 Å². The maximum atomic E-state index is 6.75. The normalized spacial score (nSPS) is 8.90. The van der Waals surface area contributed by atoms with Gasteiger partial charge < -0.3 is 0 Å². The van der Waals surface area contributed by atoms with Crippen molar-refractivity contribution in [3.05, 3.63) is 39.7 Å². The van der Waals surface area contributed by atoms with Crippen molar-refractivity contribution in [1.82, 2.24) is 0 Å². The van der Waals surface area contributed by atoms with Crippen molar-refractivity contribution in [2.45, 2.75) is 6.92 Å². The van der Waals surface area contributed by atoms with Crippen LogP contribution < -0.4 is 0 Å². The molecule has 1 aromatic rings. The Morgan fingerprint density at radius 1 is 1.50 bits per heavy atom. The van der Waals surface area contributed by atoms with E-state index in [4.69, 9.17) is 6.57 Å². The summed E-state index contributed by atoms with van der Waals surface area (Å²) in [5, 5.41) is 0. The highest BCUT2D eigenvalue weighted by molar-refractivity contribution is 9.10. The second kappa shape index (κ2) is 2.85. The van der Waals surface area contributed by atoms with Gasteiger partial charge in [0.25, 0.3) is 0 Å². The molecule has 0 spiro atoms. The van der Waals surface area contributed by atoms with E-state index in [1.165, 1.54) is 5.56 Å². The highest BCUT2D eigenvalue weighted by Crippen LogP contribution is 2.25. The first kappa shape index (κ1) is 7.30. The molecule has 0 bridgehead atoms. The predicted octanol–water partition coefficient (Wildman–Crippen LogP) is 3.31. The van der Waals surface area contributed by atoms with Crippen molar-refractivity contribution >= 4 is 21.6 Å². The van der Waals surface area contributed by atoms with E-state index in [9.17, 15) is 0 Å². The molecule has 1 nitrogen and oxygen atoms in total. The molecule has 0 aromatic heterocycles. The molecule has 0 N–H and O–H groups in total. The lowest BCUT2D eigenvalue weighted by atomic mass is 10.2. The summed E-state index contributed by atoms with van der Waals surface area (Å²) in [6, 6.07) is 5.68. The van der Waals surface area contributed by atoms with Crippen LogP contribution in [0.2, 0.25) is 0 Å². The fraction of sp³-hybridized carbons (Fsp3) is 0.125. The first-order chi connectivity index (χ1) is 4.74. The lowest BCUT2D eigenvalue weighted by molar-refractivity contribution is 1.46. The Hall–Kier alpha value is -0.810. The van der Waals surface area contributed by atoms with Crippen LogP contribution in [0.25, 0.3) is 4.85 Å². The Balaban J connectivity index is 3.23. The van der Waals surface area contributed by atoms with E-state index in [1.807, 2.05) is 25.1 Å². The smallest absolute Gasteiger partial charge is 0.201 e. The number of rotatable bonds is 0. The van der Waals surface area contributed by atoms with Gasteiger partial charge in [-0.1, -0.05) is 39.7 Å². The van der Waals surface area contributed by atoms with E-state index in [1.54, 1.807) is 0 Å². The SMILES string of the molecule is [C-]#[N+]c1ccc(C)cc1Br. The second-order valence-electron chi connectivity index (χ2n) is 2.07. The summed E-state index contributed by atoms with van der Waals surface area (Å²) in [7, 11) is 0. The summed E-state index contributed by atoms with van der Waals surface area (Å²) < 4.78 is 0.877. The van der Waals surface area contributed by atoms with Gasteiger partial charge in [0.1, 0.15) is 0 Å². The van der Waals surface area contributed by atoms with Crippen LogP contribution in [0.15, 0.2) is 22.7 Å². The molecule has 1 rings (SSSR count). The first-order valence-corrected chi connectivity index (χ1v) is 3.67. The Bertz CT molecular complexity index is 286. The molecule has 0 saturated carbocycles. The van der Waals surface area contributed by atoms with Crippen LogP contribution in [0.3, 0.4) is 0 Å². The molecule has 0 unspecified atom stereocenters. The second-order valence-corrected chi connectivity index (χ2v) is 2.92. The van der Waals surface area contributed by atoms with Crippen LogP contribution in [-0.2, 0) is 0 Å². The van der Waals surface area contributed by atoms with Crippen LogP contribution in [0.4, 0.5) is 5.69 Å². The highest BCUT2D eigenvalue weighted by Gasteiger charge is 1.96. The quantitative estimate of drug-likeness (QED) is 0.560. The minimum Gasteiger partial charge on any atom is -0.237 e. The van der Waals surface area contributed by atoms with Crippen LogP contribution >= 0.6 is 15.9 Å². The lowest BCUT2D eigenvalue weighted by Gasteiger charge is -1.94. The van der Waals surface area contributed by atoms with Gasteiger partial charge in [0.2, 0.25) is 5.69 Å². The van der Waals surface area contributed by atoms with E-state index >= 15 is 0 Å². The Morgan fingerprint density at radius 2 is 2.20 bits per heavy atom. The predicted molar refractivity (Wildman–Crippen MR) is 45.1 cm³/mol. The van der Waals surface area contributed by atoms with Crippen LogP contribution in [0.5, 0.6) is 0 Å². The molecule has 0 aliphatic carbocycles. The van der Waals surface area contributed by atoms with Crippen molar-refractivity contribution in [1.29, 1.82) is 0 Å². The minimum atomic E-state index is 0.672. The first-order valence-electron chi connectivity index (χ1n) is 2.87. The van der Waals surface area contributed by atoms with E-state index in [0.717, 1.165) is 4.47 Å².